The Morgan fingerprint density at radius 1 is 0.581 bits per heavy atom. The van der Waals surface area contributed by atoms with E-state index in [-0.39, 0.29) is 11.0 Å². The molecule has 0 saturated carbocycles. The average Bonchev–Trinajstić information content (AvgIpc) is 3.01. The van der Waals surface area contributed by atoms with Crippen molar-refractivity contribution in [3.05, 3.63) is 60.7 Å². The number of rotatable bonds is 25. The van der Waals surface area contributed by atoms with Gasteiger partial charge in [0, 0.05) is 6.42 Å². The van der Waals surface area contributed by atoms with Crippen molar-refractivity contribution in [1.82, 2.24) is 0 Å². The highest BCUT2D eigenvalue weighted by Gasteiger charge is 2.49. The van der Waals surface area contributed by atoms with Crippen LogP contribution >= 0.6 is 0 Å². The summed E-state index contributed by atoms with van der Waals surface area (Å²) in [6.07, 6.45) is 7.46. The highest BCUT2D eigenvalue weighted by molar-refractivity contribution is 6.99. The summed E-state index contributed by atoms with van der Waals surface area (Å²) in [4.78, 5) is 11.7. The number of carbonyl (C=O) groups excluding carboxylic acids is 1. The van der Waals surface area contributed by atoms with Crippen LogP contribution in [0.4, 0.5) is 0 Å². The second kappa shape index (κ2) is 22.4. The van der Waals surface area contributed by atoms with Gasteiger partial charge >= 0.3 is 5.97 Å². The van der Waals surface area contributed by atoms with Gasteiger partial charge in [0.15, 0.2) is 0 Å². The molecule has 0 bridgehead atoms. The third-order valence-electron chi connectivity index (χ3n) is 7.30. The Kier molecular flexibility index (Phi) is 19.4. The number of carbonyl (C=O) groups is 1. The van der Waals surface area contributed by atoms with Crippen molar-refractivity contribution in [3.63, 3.8) is 0 Å². The van der Waals surface area contributed by atoms with E-state index < -0.39 is 8.32 Å². The smallest absolute Gasteiger partial charge is 0.305 e. The van der Waals surface area contributed by atoms with Crippen LogP contribution in [0.1, 0.15) is 72.6 Å². The highest BCUT2D eigenvalue weighted by atomic mass is 28.4. The van der Waals surface area contributed by atoms with Crippen LogP contribution in [0.5, 0.6) is 0 Å². The first-order chi connectivity index (χ1) is 20.9. The van der Waals surface area contributed by atoms with Gasteiger partial charge in [-0.15, -0.1) is 0 Å². The lowest BCUT2D eigenvalue weighted by molar-refractivity contribution is -0.145. The number of benzene rings is 2. The van der Waals surface area contributed by atoms with Gasteiger partial charge in [0.05, 0.1) is 59.5 Å². The molecule has 43 heavy (non-hydrogen) atoms. The molecule has 0 N–H and O–H groups in total. The van der Waals surface area contributed by atoms with Crippen molar-refractivity contribution >= 4 is 24.7 Å². The SMILES string of the molecule is CCCCCCCCC(=O)OCCOCCOCCOCCOCCO[Si](c1ccccc1)(c1ccccc1)C(C)(C)C. The zero-order valence-corrected chi connectivity index (χ0v) is 28.2. The van der Waals surface area contributed by atoms with E-state index in [9.17, 15) is 4.79 Å². The molecule has 242 valence electrons. The maximum Gasteiger partial charge on any atom is 0.305 e. The lowest BCUT2D eigenvalue weighted by Gasteiger charge is -2.43. The van der Waals surface area contributed by atoms with Gasteiger partial charge < -0.3 is 28.1 Å². The molecule has 7 nitrogen and oxygen atoms in total. The van der Waals surface area contributed by atoms with E-state index in [1.165, 1.54) is 36.1 Å². The molecule has 0 saturated heterocycles. The molecule has 2 aromatic rings. The molecular formula is C35H56O7Si. The summed E-state index contributed by atoms with van der Waals surface area (Å²) in [6.45, 7) is 13.7. The molecular weight excluding hydrogens is 560 g/mol. The Bertz CT molecular complexity index is 910. The van der Waals surface area contributed by atoms with Crippen LogP contribution in [0.3, 0.4) is 0 Å². The minimum atomic E-state index is -2.53. The van der Waals surface area contributed by atoms with Gasteiger partial charge in [-0.2, -0.15) is 0 Å². The molecule has 0 unspecified atom stereocenters. The molecule has 0 aliphatic rings. The van der Waals surface area contributed by atoms with Crippen molar-refractivity contribution in [2.75, 3.05) is 66.1 Å². The fourth-order valence-electron chi connectivity index (χ4n) is 5.11. The summed E-state index contributed by atoms with van der Waals surface area (Å²) < 4.78 is 34.5. The van der Waals surface area contributed by atoms with Gasteiger partial charge in [-0.3, -0.25) is 4.79 Å². The molecule has 0 aliphatic carbocycles. The minimum absolute atomic E-state index is 0.0520. The van der Waals surface area contributed by atoms with Crippen LogP contribution < -0.4 is 10.4 Å². The highest BCUT2D eigenvalue weighted by Crippen LogP contribution is 2.36. The normalized spacial score (nSPS) is 12.0. The van der Waals surface area contributed by atoms with Crippen molar-refractivity contribution in [3.8, 4) is 0 Å². The van der Waals surface area contributed by atoms with Crippen LogP contribution in [-0.2, 0) is 32.9 Å². The maximum atomic E-state index is 11.7. The molecule has 0 aliphatic heterocycles. The number of unbranched alkanes of at least 4 members (excludes halogenated alkanes) is 5. The Labute approximate surface area is 261 Å². The Morgan fingerprint density at radius 3 is 1.47 bits per heavy atom. The average molecular weight is 617 g/mol. The second-order valence-electron chi connectivity index (χ2n) is 11.7. The van der Waals surface area contributed by atoms with Crippen molar-refractivity contribution < 1.29 is 32.9 Å². The minimum Gasteiger partial charge on any atom is -0.463 e. The first-order valence-corrected chi connectivity index (χ1v) is 18.0. The monoisotopic (exact) mass is 616 g/mol. The predicted octanol–water partition coefficient (Wildman–Crippen LogP) is 5.92. The summed E-state index contributed by atoms with van der Waals surface area (Å²) in [5.41, 5.74) is 0. The third kappa shape index (κ3) is 14.5. The second-order valence-corrected chi connectivity index (χ2v) is 16.0. The fourth-order valence-corrected chi connectivity index (χ4v) is 9.66. The van der Waals surface area contributed by atoms with Crippen LogP contribution in [-0.4, -0.2) is 80.4 Å². The van der Waals surface area contributed by atoms with Crippen molar-refractivity contribution in [1.29, 1.82) is 0 Å². The Balaban J connectivity index is 1.49. The van der Waals surface area contributed by atoms with E-state index >= 15 is 0 Å². The van der Waals surface area contributed by atoms with Crippen LogP contribution in [0.15, 0.2) is 60.7 Å². The van der Waals surface area contributed by atoms with E-state index in [0.717, 1.165) is 12.8 Å². The Morgan fingerprint density at radius 2 is 1.00 bits per heavy atom. The molecule has 2 aromatic carbocycles. The maximum absolute atomic E-state index is 11.7. The number of ether oxygens (including phenoxy) is 5. The molecule has 0 spiro atoms. The molecule has 0 fully saturated rings. The van der Waals surface area contributed by atoms with Crippen molar-refractivity contribution in [2.45, 2.75) is 77.7 Å². The number of hydrogen-bond donors (Lipinski definition) is 0. The standard InChI is InChI=1S/C35H56O7Si/c1-5-6-7-8-9-16-21-34(36)41-30-28-39-26-24-37-22-23-38-25-27-40-29-31-42-43(35(2,3)4,32-17-12-10-13-18-32)33-19-14-11-15-20-33/h10-15,17-20H,5-9,16,21-31H2,1-4H3. The summed E-state index contributed by atoms with van der Waals surface area (Å²) in [6, 6.07) is 21.3. The third-order valence-corrected chi connectivity index (χ3v) is 12.3. The summed E-state index contributed by atoms with van der Waals surface area (Å²) in [5, 5.41) is 2.48. The van der Waals surface area contributed by atoms with Crippen LogP contribution in [0.25, 0.3) is 0 Å². The summed E-state index contributed by atoms with van der Waals surface area (Å²) in [7, 11) is -2.53. The molecule has 0 heterocycles. The molecule has 0 aromatic heterocycles. The van der Waals surface area contributed by atoms with Gasteiger partial charge in [0.25, 0.3) is 8.32 Å². The molecule has 2 rings (SSSR count). The number of esters is 1. The van der Waals surface area contributed by atoms with E-state index in [4.69, 9.17) is 28.1 Å². The van der Waals surface area contributed by atoms with E-state index in [0.29, 0.717) is 72.5 Å². The topological polar surface area (TPSA) is 72.5 Å². The predicted molar refractivity (Wildman–Crippen MR) is 176 cm³/mol. The lowest BCUT2D eigenvalue weighted by atomic mass is 10.1. The van der Waals surface area contributed by atoms with Crippen LogP contribution in [0, 0.1) is 0 Å². The van der Waals surface area contributed by atoms with E-state index in [1.54, 1.807) is 0 Å². The largest absolute Gasteiger partial charge is 0.463 e. The summed E-state index contributed by atoms with van der Waals surface area (Å²) >= 11 is 0. The Hall–Kier alpha value is -2.07. The van der Waals surface area contributed by atoms with Gasteiger partial charge in [0.2, 0.25) is 0 Å². The first kappa shape index (κ1) is 37.1. The fraction of sp³-hybridized carbons (Fsp3) is 0.629. The summed E-state index contributed by atoms with van der Waals surface area (Å²) in [5.74, 6) is -0.136. The van der Waals surface area contributed by atoms with Gasteiger partial charge in [-0.05, 0) is 21.8 Å². The molecule has 0 radical (unpaired) electrons. The zero-order valence-electron chi connectivity index (χ0n) is 27.2. The zero-order chi connectivity index (χ0) is 31.1. The first-order valence-electron chi connectivity index (χ1n) is 16.1. The molecule has 8 heteroatoms. The quantitative estimate of drug-likeness (QED) is 0.0779. The van der Waals surface area contributed by atoms with Gasteiger partial charge in [-0.25, -0.2) is 0 Å². The number of hydrogen-bond acceptors (Lipinski definition) is 7. The van der Waals surface area contributed by atoms with Crippen LogP contribution in [0.2, 0.25) is 5.04 Å². The van der Waals surface area contributed by atoms with Gasteiger partial charge in [0.1, 0.15) is 6.61 Å². The van der Waals surface area contributed by atoms with Crippen molar-refractivity contribution in [2.24, 2.45) is 0 Å². The molecule has 0 atom stereocenters. The molecule has 0 amide bonds. The van der Waals surface area contributed by atoms with E-state index in [1.807, 2.05) is 0 Å². The lowest BCUT2D eigenvalue weighted by Crippen LogP contribution is -2.66. The van der Waals surface area contributed by atoms with E-state index in [2.05, 4.69) is 88.4 Å². The van der Waals surface area contributed by atoms with Gasteiger partial charge in [-0.1, -0.05) is 120 Å².